The van der Waals surface area contributed by atoms with Gasteiger partial charge in [-0.25, -0.2) is 0 Å². The van der Waals surface area contributed by atoms with Gasteiger partial charge in [-0.2, -0.15) is 0 Å². The van der Waals surface area contributed by atoms with E-state index in [2.05, 4.69) is 57.2 Å². The number of ether oxygens (including phenoxy) is 2. The van der Waals surface area contributed by atoms with Crippen LogP contribution in [0.3, 0.4) is 0 Å². The zero-order chi connectivity index (χ0) is 19.0. The zero-order valence-electron chi connectivity index (χ0n) is 16.2. The molecule has 1 aliphatic rings. The first-order valence-corrected chi connectivity index (χ1v) is 9.75. The SMILES string of the molecule is CCC1(CC)OC[C@@H](CC=CCCCC(=O)O)[C@@H](c2ccccc2C)O1. The summed E-state index contributed by atoms with van der Waals surface area (Å²) in [5.74, 6) is -0.963. The summed E-state index contributed by atoms with van der Waals surface area (Å²) in [5, 5.41) is 8.70. The lowest BCUT2D eigenvalue weighted by atomic mass is 9.88. The van der Waals surface area contributed by atoms with Gasteiger partial charge in [-0.1, -0.05) is 50.3 Å². The fraction of sp³-hybridized carbons (Fsp3) is 0.591. The van der Waals surface area contributed by atoms with Gasteiger partial charge in [0.1, 0.15) is 0 Å². The summed E-state index contributed by atoms with van der Waals surface area (Å²) in [4.78, 5) is 10.6. The monoisotopic (exact) mass is 360 g/mol. The summed E-state index contributed by atoms with van der Waals surface area (Å²) in [6.45, 7) is 7.04. The molecule has 0 unspecified atom stereocenters. The molecule has 0 spiro atoms. The number of allylic oxidation sites excluding steroid dienone is 2. The Kier molecular flexibility index (Phi) is 7.85. The van der Waals surface area contributed by atoms with E-state index in [9.17, 15) is 4.79 Å². The summed E-state index contributed by atoms with van der Waals surface area (Å²) in [5.41, 5.74) is 2.49. The number of carboxylic acid groups (broad SMARTS) is 1. The molecule has 1 N–H and O–H groups in total. The third-order valence-corrected chi connectivity index (χ3v) is 5.27. The number of benzene rings is 1. The minimum absolute atomic E-state index is 0.0218. The first-order chi connectivity index (χ1) is 12.5. The van der Waals surface area contributed by atoms with Gasteiger partial charge >= 0.3 is 5.97 Å². The molecule has 1 saturated heterocycles. The molecule has 0 aliphatic carbocycles. The highest BCUT2D eigenvalue weighted by Gasteiger charge is 2.41. The van der Waals surface area contributed by atoms with Gasteiger partial charge in [0.15, 0.2) is 5.79 Å². The molecule has 4 nitrogen and oxygen atoms in total. The Morgan fingerprint density at radius 2 is 2.00 bits per heavy atom. The Morgan fingerprint density at radius 3 is 2.65 bits per heavy atom. The molecule has 1 heterocycles. The molecule has 4 heteroatoms. The molecule has 1 fully saturated rings. The number of rotatable bonds is 9. The van der Waals surface area contributed by atoms with Crippen LogP contribution in [0.1, 0.15) is 69.6 Å². The van der Waals surface area contributed by atoms with E-state index in [1.54, 1.807) is 0 Å². The summed E-state index contributed by atoms with van der Waals surface area (Å²) in [6.07, 6.45) is 8.50. The number of unbranched alkanes of at least 4 members (excludes halogenated alkanes) is 1. The minimum Gasteiger partial charge on any atom is -0.481 e. The van der Waals surface area contributed by atoms with Crippen molar-refractivity contribution in [3.05, 3.63) is 47.5 Å². The molecule has 2 rings (SSSR count). The highest BCUT2D eigenvalue weighted by atomic mass is 16.7. The standard InChI is InChI=1S/C22H32O4/c1-4-22(5-2)25-16-18(13-8-6-7-9-15-20(23)24)21(26-22)19-14-11-10-12-17(19)3/h6,8,10-12,14,18,21H,4-5,7,9,13,15-16H2,1-3H3,(H,23,24)/t18-,21+/m1/s1. The summed E-state index contributed by atoms with van der Waals surface area (Å²) >= 11 is 0. The smallest absolute Gasteiger partial charge is 0.303 e. The molecule has 1 aliphatic heterocycles. The Bertz CT molecular complexity index is 604. The summed E-state index contributed by atoms with van der Waals surface area (Å²) < 4.78 is 12.7. The summed E-state index contributed by atoms with van der Waals surface area (Å²) in [7, 11) is 0. The largest absolute Gasteiger partial charge is 0.481 e. The third kappa shape index (κ3) is 5.42. The average Bonchev–Trinajstić information content (AvgIpc) is 2.65. The van der Waals surface area contributed by atoms with Gasteiger partial charge in [0.25, 0.3) is 0 Å². The van der Waals surface area contributed by atoms with Crippen molar-refractivity contribution in [1.29, 1.82) is 0 Å². The van der Waals surface area contributed by atoms with Crippen LogP contribution in [0.4, 0.5) is 0 Å². The van der Waals surface area contributed by atoms with Gasteiger partial charge in [-0.15, -0.1) is 0 Å². The van der Waals surface area contributed by atoms with Crippen molar-refractivity contribution in [3.63, 3.8) is 0 Å². The lowest BCUT2D eigenvalue weighted by molar-refractivity contribution is -0.316. The normalized spacial score (nSPS) is 22.6. The second-order valence-corrected chi connectivity index (χ2v) is 7.08. The van der Waals surface area contributed by atoms with Crippen LogP contribution in [0.25, 0.3) is 0 Å². The van der Waals surface area contributed by atoms with Crippen molar-refractivity contribution < 1.29 is 19.4 Å². The molecule has 0 radical (unpaired) electrons. The molecular weight excluding hydrogens is 328 g/mol. The van der Waals surface area contributed by atoms with Gasteiger partial charge in [0, 0.05) is 12.3 Å². The van der Waals surface area contributed by atoms with E-state index >= 15 is 0 Å². The van der Waals surface area contributed by atoms with Crippen LogP contribution >= 0.6 is 0 Å². The van der Waals surface area contributed by atoms with E-state index in [0.29, 0.717) is 13.0 Å². The van der Waals surface area contributed by atoms with E-state index in [0.717, 1.165) is 25.7 Å². The third-order valence-electron chi connectivity index (χ3n) is 5.27. The molecule has 144 valence electrons. The molecule has 26 heavy (non-hydrogen) atoms. The maximum Gasteiger partial charge on any atom is 0.303 e. The number of hydrogen-bond acceptors (Lipinski definition) is 3. The van der Waals surface area contributed by atoms with Crippen molar-refractivity contribution in [2.24, 2.45) is 5.92 Å². The van der Waals surface area contributed by atoms with E-state index in [-0.39, 0.29) is 18.4 Å². The Labute approximate surface area is 157 Å². The van der Waals surface area contributed by atoms with E-state index in [1.165, 1.54) is 11.1 Å². The Balaban J connectivity index is 2.07. The number of hydrogen-bond donors (Lipinski definition) is 1. The lowest BCUT2D eigenvalue weighted by Crippen LogP contribution is -2.45. The maximum absolute atomic E-state index is 10.6. The number of aliphatic carboxylic acids is 1. The molecular formula is C22H32O4. The molecule has 0 bridgehead atoms. The van der Waals surface area contributed by atoms with Crippen molar-refractivity contribution >= 4 is 5.97 Å². The highest BCUT2D eigenvalue weighted by Crippen LogP contribution is 2.42. The molecule has 1 aromatic carbocycles. The second kappa shape index (κ2) is 9.89. The van der Waals surface area contributed by atoms with Gasteiger partial charge in [0.05, 0.1) is 12.7 Å². The topological polar surface area (TPSA) is 55.8 Å². The lowest BCUT2D eigenvalue weighted by Gasteiger charge is -2.44. The number of aryl methyl sites for hydroxylation is 1. The van der Waals surface area contributed by atoms with Crippen molar-refractivity contribution in [3.8, 4) is 0 Å². The molecule has 2 atom stereocenters. The first-order valence-electron chi connectivity index (χ1n) is 9.75. The maximum atomic E-state index is 10.6. The van der Waals surface area contributed by atoms with Crippen molar-refractivity contribution in [2.75, 3.05) is 6.61 Å². The fourth-order valence-corrected chi connectivity index (χ4v) is 3.50. The van der Waals surface area contributed by atoms with E-state index in [4.69, 9.17) is 14.6 Å². The van der Waals surface area contributed by atoms with Crippen LogP contribution in [0.15, 0.2) is 36.4 Å². The highest BCUT2D eigenvalue weighted by molar-refractivity contribution is 5.66. The van der Waals surface area contributed by atoms with Crippen molar-refractivity contribution in [2.45, 2.75) is 71.2 Å². The molecule has 0 saturated carbocycles. The van der Waals surface area contributed by atoms with Crippen LogP contribution in [-0.2, 0) is 14.3 Å². The predicted octanol–water partition coefficient (Wildman–Crippen LogP) is 5.42. The molecule has 1 aromatic rings. The number of carbonyl (C=O) groups is 1. The van der Waals surface area contributed by atoms with Gasteiger partial charge in [-0.05, 0) is 50.2 Å². The average molecular weight is 360 g/mol. The van der Waals surface area contributed by atoms with Gasteiger partial charge < -0.3 is 14.6 Å². The van der Waals surface area contributed by atoms with Crippen molar-refractivity contribution in [1.82, 2.24) is 0 Å². The second-order valence-electron chi connectivity index (χ2n) is 7.08. The van der Waals surface area contributed by atoms with Crippen LogP contribution < -0.4 is 0 Å². The Hall–Kier alpha value is -1.65. The van der Waals surface area contributed by atoms with E-state index < -0.39 is 11.8 Å². The zero-order valence-corrected chi connectivity index (χ0v) is 16.2. The van der Waals surface area contributed by atoms with Crippen LogP contribution in [0.2, 0.25) is 0 Å². The van der Waals surface area contributed by atoms with Gasteiger partial charge in [-0.3, -0.25) is 4.79 Å². The first kappa shape index (κ1) is 20.7. The Morgan fingerprint density at radius 1 is 1.27 bits per heavy atom. The van der Waals surface area contributed by atoms with Crippen LogP contribution in [0.5, 0.6) is 0 Å². The van der Waals surface area contributed by atoms with Gasteiger partial charge in [0.2, 0.25) is 0 Å². The fourth-order valence-electron chi connectivity index (χ4n) is 3.50. The molecule has 0 aromatic heterocycles. The predicted molar refractivity (Wildman–Crippen MR) is 103 cm³/mol. The minimum atomic E-state index is -0.734. The van der Waals surface area contributed by atoms with Crippen LogP contribution in [0, 0.1) is 12.8 Å². The van der Waals surface area contributed by atoms with Crippen LogP contribution in [-0.4, -0.2) is 23.5 Å². The molecule has 0 amide bonds. The number of carboxylic acids is 1. The quantitative estimate of drug-likeness (QED) is 0.472. The van der Waals surface area contributed by atoms with E-state index in [1.807, 2.05) is 0 Å². The summed E-state index contributed by atoms with van der Waals surface area (Å²) in [6, 6.07) is 8.42.